The predicted molar refractivity (Wildman–Crippen MR) is 84.4 cm³/mol. The Bertz CT molecular complexity index is 847. The maximum Gasteiger partial charge on any atom is 0.201 e. The fourth-order valence-electron chi connectivity index (χ4n) is 2.25. The molecule has 2 aromatic heterocycles. The minimum absolute atomic E-state index is 0.623. The van der Waals surface area contributed by atoms with Crippen LogP contribution in [0.5, 0.6) is 0 Å². The second kappa shape index (κ2) is 5.14. The molecule has 2 aromatic carbocycles. The molecule has 0 amide bonds. The van der Waals surface area contributed by atoms with E-state index in [0.717, 1.165) is 27.4 Å². The van der Waals surface area contributed by atoms with Crippen LogP contribution in [0.2, 0.25) is 0 Å². The Morgan fingerprint density at radius 1 is 0.905 bits per heavy atom. The van der Waals surface area contributed by atoms with Crippen molar-refractivity contribution in [1.82, 2.24) is 9.97 Å². The summed E-state index contributed by atoms with van der Waals surface area (Å²) >= 11 is 1.65. The van der Waals surface area contributed by atoms with Gasteiger partial charge in [-0.1, -0.05) is 42.5 Å². The Morgan fingerprint density at radius 3 is 2.57 bits per heavy atom. The third-order valence-corrected chi connectivity index (χ3v) is 4.18. The Hall–Kier alpha value is -2.46. The van der Waals surface area contributed by atoms with Crippen molar-refractivity contribution in [2.75, 3.05) is 0 Å². The summed E-state index contributed by atoms with van der Waals surface area (Å²) in [6, 6.07) is 18.0. The van der Waals surface area contributed by atoms with Gasteiger partial charge < -0.3 is 4.42 Å². The smallest absolute Gasteiger partial charge is 0.201 e. The van der Waals surface area contributed by atoms with Crippen molar-refractivity contribution in [1.29, 1.82) is 0 Å². The minimum atomic E-state index is 0.623. The normalized spacial score (nSPS) is 11.0. The molecule has 0 fully saturated rings. The Kier molecular flexibility index (Phi) is 3.01. The lowest BCUT2D eigenvalue weighted by atomic mass is 10.2. The molecule has 0 aliphatic rings. The van der Waals surface area contributed by atoms with Crippen molar-refractivity contribution in [3.8, 4) is 10.6 Å². The quantitative estimate of drug-likeness (QED) is 0.556. The van der Waals surface area contributed by atoms with Crippen LogP contribution in [0.25, 0.3) is 21.7 Å². The summed E-state index contributed by atoms with van der Waals surface area (Å²) in [4.78, 5) is 9.15. The van der Waals surface area contributed by atoms with Crippen molar-refractivity contribution in [2.24, 2.45) is 0 Å². The second-order valence-corrected chi connectivity index (χ2v) is 5.62. The van der Waals surface area contributed by atoms with E-state index in [1.165, 1.54) is 0 Å². The van der Waals surface area contributed by atoms with E-state index in [9.17, 15) is 0 Å². The Morgan fingerprint density at radius 2 is 1.71 bits per heavy atom. The molecule has 4 aromatic rings. The number of oxazole rings is 1. The Labute approximate surface area is 125 Å². The molecule has 0 saturated carbocycles. The number of hydrogen-bond acceptors (Lipinski definition) is 4. The molecule has 4 heteroatoms. The molecular weight excluding hydrogens is 280 g/mol. The number of para-hydroxylation sites is 2. The summed E-state index contributed by atoms with van der Waals surface area (Å²) in [5, 5.41) is 3.10. The molecule has 0 aliphatic carbocycles. The zero-order valence-electron chi connectivity index (χ0n) is 11.2. The average Bonchev–Trinajstić information content (AvgIpc) is 3.14. The van der Waals surface area contributed by atoms with Crippen LogP contribution in [0.3, 0.4) is 0 Å². The van der Waals surface area contributed by atoms with Crippen LogP contribution < -0.4 is 0 Å². The highest BCUT2D eigenvalue weighted by molar-refractivity contribution is 7.13. The van der Waals surface area contributed by atoms with Gasteiger partial charge in [-0.05, 0) is 12.1 Å². The predicted octanol–water partition coefficient (Wildman–Crippen LogP) is 4.54. The molecule has 2 heterocycles. The summed E-state index contributed by atoms with van der Waals surface area (Å²) in [6.07, 6.45) is 0.623. The average molecular weight is 292 g/mol. The number of thiazole rings is 1. The van der Waals surface area contributed by atoms with Gasteiger partial charge in [-0.2, -0.15) is 0 Å². The highest BCUT2D eigenvalue weighted by atomic mass is 32.1. The summed E-state index contributed by atoms with van der Waals surface area (Å²) in [5.74, 6) is 0.709. The molecule has 0 atom stereocenters. The van der Waals surface area contributed by atoms with Crippen molar-refractivity contribution in [2.45, 2.75) is 6.42 Å². The third-order valence-electron chi connectivity index (χ3n) is 3.24. The van der Waals surface area contributed by atoms with Gasteiger partial charge in [-0.25, -0.2) is 9.97 Å². The van der Waals surface area contributed by atoms with Gasteiger partial charge in [0.25, 0.3) is 0 Å². The first kappa shape index (κ1) is 12.3. The number of aromatic nitrogens is 2. The molecule has 0 radical (unpaired) electrons. The largest absolute Gasteiger partial charge is 0.440 e. The van der Waals surface area contributed by atoms with Crippen LogP contribution in [0.4, 0.5) is 0 Å². The van der Waals surface area contributed by atoms with Crippen LogP contribution in [0.1, 0.15) is 11.6 Å². The van der Waals surface area contributed by atoms with E-state index >= 15 is 0 Å². The first-order valence-electron chi connectivity index (χ1n) is 6.73. The van der Waals surface area contributed by atoms with Gasteiger partial charge in [0, 0.05) is 10.9 Å². The first-order valence-corrected chi connectivity index (χ1v) is 7.61. The lowest BCUT2D eigenvalue weighted by molar-refractivity contribution is 0.542. The zero-order chi connectivity index (χ0) is 14.1. The molecule has 102 valence electrons. The molecule has 0 spiro atoms. The van der Waals surface area contributed by atoms with Crippen molar-refractivity contribution >= 4 is 22.4 Å². The standard InChI is InChI=1S/C17H12N2OS/c1-2-6-12(7-3-1)17-18-13(11-21-17)10-16-19-14-8-4-5-9-15(14)20-16/h1-9,11H,10H2. The summed E-state index contributed by atoms with van der Waals surface area (Å²) in [6.45, 7) is 0. The molecule has 0 saturated heterocycles. The van der Waals surface area contributed by atoms with Crippen molar-refractivity contribution in [3.63, 3.8) is 0 Å². The van der Waals surface area contributed by atoms with Gasteiger partial charge in [-0.3, -0.25) is 0 Å². The van der Waals surface area contributed by atoms with Crippen molar-refractivity contribution in [3.05, 3.63) is 71.6 Å². The van der Waals surface area contributed by atoms with Crippen LogP contribution in [-0.4, -0.2) is 9.97 Å². The maximum absolute atomic E-state index is 5.74. The van der Waals surface area contributed by atoms with E-state index < -0.39 is 0 Å². The molecule has 0 N–H and O–H groups in total. The van der Waals surface area contributed by atoms with Crippen LogP contribution >= 0.6 is 11.3 Å². The third kappa shape index (κ3) is 2.45. The lowest BCUT2D eigenvalue weighted by Crippen LogP contribution is -1.88. The zero-order valence-corrected chi connectivity index (χ0v) is 12.0. The first-order chi connectivity index (χ1) is 10.4. The molecule has 21 heavy (non-hydrogen) atoms. The van der Waals surface area contributed by atoms with E-state index in [0.29, 0.717) is 12.3 Å². The van der Waals surface area contributed by atoms with Gasteiger partial charge in [0.15, 0.2) is 5.58 Å². The van der Waals surface area contributed by atoms with Gasteiger partial charge in [0.05, 0.1) is 12.1 Å². The number of benzene rings is 2. The molecule has 0 unspecified atom stereocenters. The highest BCUT2D eigenvalue weighted by Crippen LogP contribution is 2.25. The number of hydrogen-bond donors (Lipinski definition) is 0. The molecule has 4 rings (SSSR count). The number of nitrogens with zero attached hydrogens (tertiary/aromatic N) is 2. The van der Waals surface area contributed by atoms with Crippen molar-refractivity contribution < 1.29 is 4.42 Å². The van der Waals surface area contributed by atoms with Crippen LogP contribution in [0, 0.1) is 0 Å². The lowest BCUT2D eigenvalue weighted by Gasteiger charge is -1.94. The van der Waals surface area contributed by atoms with Gasteiger partial charge in [0.1, 0.15) is 10.5 Å². The summed E-state index contributed by atoms with van der Waals surface area (Å²) in [7, 11) is 0. The van der Waals surface area contributed by atoms with Crippen LogP contribution in [-0.2, 0) is 6.42 Å². The fraction of sp³-hybridized carbons (Fsp3) is 0.0588. The monoisotopic (exact) mass is 292 g/mol. The molecule has 3 nitrogen and oxygen atoms in total. The maximum atomic E-state index is 5.74. The van der Waals surface area contributed by atoms with E-state index in [4.69, 9.17) is 4.42 Å². The van der Waals surface area contributed by atoms with E-state index in [1.54, 1.807) is 11.3 Å². The van der Waals surface area contributed by atoms with Gasteiger partial charge >= 0.3 is 0 Å². The Balaban J connectivity index is 1.61. The van der Waals surface area contributed by atoms with E-state index in [2.05, 4.69) is 27.5 Å². The fourth-order valence-corrected chi connectivity index (χ4v) is 3.08. The molecule has 0 bridgehead atoms. The van der Waals surface area contributed by atoms with E-state index in [-0.39, 0.29) is 0 Å². The van der Waals surface area contributed by atoms with Crippen LogP contribution in [0.15, 0.2) is 64.4 Å². The van der Waals surface area contributed by atoms with Gasteiger partial charge in [0.2, 0.25) is 5.89 Å². The van der Waals surface area contributed by atoms with Gasteiger partial charge in [-0.15, -0.1) is 11.3 Å². The summed E-state index contributed by atoms with van der Waals surface area (Å²) < 4.78 is 5.74. The minimum Gasteiger partial charge on any atom is -0.440 e. The number of rotatable bonds is 3. The van der Waals surface area contributed by atoms with E-state index in [1.807, 2.05) is 42.5 Å². The molecule has 0 aliphatic heterocycles. The number of fused-ring (bicyclic) bond motifs is 1. The highest BCUT2D eigenvalue weighted by Gasteiger charge is 2.09. The topological polar surface area (TPSA) is 38.9 Å². The molecular formula is C17H12N2OS. The SMILES string of the molecule is c1ccc(-c2nc(Cc3nc4ccccc4o3)cs2)cc1. The second-order valence-electron chi connectivity index (χ2n) is 4.76. The summed E-state index contributed by atoms with van der Waals surface area (Å²) in [5.41, 5.74) is 3.86.